The standard InChI is InChI=1S/C18H19ClFNO4S2/c19-15-7-5-14(6-8-15)13-27(24,25)21-10-9-18(26(22,23)12-11-21)16-3-1-2-4-17(16)20/h1-8,18H,9-13H2. The Kier molecular flexibility index (Phi) is 5.90. The number of halogens is 2. The second-order valence-electron chi connectivity index (χ2n) is 6.45. The zero-order valence-electron chi connectivity index (χ0n) is 14.4. The molecule has 0 amide bonds. The highest BCUT2D eigenvalue weighted by Crippen LogP contribution is 2.32. The Morgan fingerprint density at radius 1 is 1.07 bits per heavy atom. The molecule has 0 aliphatic carbocycles. The van der Waals surface area contributed by atoms with Crippen LogP contribution < -0.4 is 0 Å². The van der Waals surface area contributed by atoms with E-state index in [1.165, 1.54) is 22.5 Å². The van der Waals surface area contributed by atoms with Gasteiger partial charge in [-0.15, -0.1) is 0 Å². The summed E-state index contributed by atoms with van der Waals surface area (Å²) in [7, 11) is -7.38. The Bertz CT molecular complexity index is 1020. The highest BCUT2D eigenvalue weighted by Gasteiger charge is 2.36. The van der Waals surface area contributed by atoms with Gasteiger partial charge in [-0.2, -0.15) is 0 Å². The summed E-state index contributed by atoms with van der Waals surface area (Å²) in [6.07, 6.45) is 0.0170. The number of sulfonamides is 1. The molecule has 0 radical (unpaired) electrons. The number of hydrogen-bond acceptors (Lipinski definition) is 4. The van der Waals surface area contributed by atoms with E-state index in [1.807, 2.05) is 0 Å². The van der Waals surface area contributed by atoms with Crippen LogP contribution in [0.2, 0.25) is 5.02 Å². The van der Waals surface area contributed by atoms with E-state index < -0.39 is 30.9 Å². The zero-order chi connectivity index (χ0) is 19.7. The maximum atomic E-state index is 14.1. The molecule has 146 valence electrons. The minimum absolute atomic E-state index is 0.0170. The number of sulfone groups is 1. The third-order valence-electron chi connectivity index (χ3n) is 4.61. The van der Waals surface area contributed by atoms with Gasteiger partial charge in [0.2, 0.25) is 10.0 Å². The van der Waals surface area contributed by atoms with Crippen LogP contribution in [-0.2, 0) is 25.6 Å². The van der Waals surface area contributed by atoms with E-state index in [2.05, 4.69) is 0 Å². The summed E-state index contributed by atoms with van der Waals surface area (Å²) in [4.78, 5) is 0. The van der Waals surface area contributed by atoms with E-state index in [0.29, 0.717) is 10.6 Å². The van der Waals surface area contributed by atoms with Crippen LogP contribution in [0.1, 0.15) is 22.8 Å². The number of hydrogen-bond donors (Lipinski definition) is 0. The van der Waals surface area contributed by atoms with Crippen molar-refractivity contribution >= 4 is 31.5 Å². The van der Waals surface area contributed by atoms with E-state index >= 15 is 0 Å². The number of nitrogens with zero attached hydrogens (tertiary/aromatic N) is 1. The van der Waals surface area contributed by atoms with Crippen molar-refractivity contribution in [2.75, 3.05) is 18.8 Å². The largest absolute Gasteiger partial charge is 0.228 e. The predicted octanol–water partition coefficient (Wildman–Crippen LogP) is 3.17. The fourth-order valence-electron chi connectivity index (χ4n) is 3.17. The van der Waals surface area contributed by atoms with Gasteiger partial charge in [0, 0.05) is 23.7 Å². The van der Waals surface area contributed by atoms with Crippen LogP contribution in [0.15, 0.2) is 48.5 Å². The van der Waals surface area contributed by atoms with Gasteiger partial charge in [-0.1, -0.05) is 41.9 Å². The monoisotopic (exact) mass is 431 g/mol. The van der Waals surface area contributed by atoms with Crippen LogP contribution in [0.25, 0.3) is 0 Å². The average molecular weight is 432 g/mol. The molecule has 0 aromatic heterocycles. The molecule has 1 fully saturated rings. The van der Waals surface area contributed by atoms with Crippen LogP contribution in [0, 0.1) is 5.82 Å². The summed E-state index contributed by atoms with van der Waals surface area (Å²) in [5, 5.41) is -0.542. The van der Waals surface area contributed by atoms with Gasteiger partial charge in [0.25, 0.3) is 0 Å². The first-order valence-corrected chi connectivity index (χ1v) is 12.1. The molecule has 0 N–H and O–H groups in total. The van der Waals surface area contributed by atoms with Crippen molar-refractivity contribution in [2.24, 2.45) is 0 Å². The predicted molar refractivity (Wildman–Crippen MR) is 103 cm³/mol. The van der Waals surface area contributed by atoms with Gasteiger partial charge in [-0.25, -0.2) is 25.5 Å². The lowest BCUT2D eigenvalue weighted by Gasteiger charge is -2.20. The quantitative estimate of drug-likeness (QED) is 0.745. The second-order valence-corrected chi connectivity index (χ2v) is 11.2. The molecule has 1 aliphatic heterocycles. The smallest absolute Gasteiger partial charge is 0.218 e. The molecule has 1 aliphatic rings. The molecule has 1 saturated heterocycles. The Hall–Kier alpha value is -1.48. The molecule has 0 saturated carbocycles. The highest BCUT2D eigenvalue weighted by atomic mass is 35.5. The maximum Gasteiger partial charge on any atom is 0.218 e. The molecular formula is C18H19ClFNO4S2. The first-order valence-electron chi connectivity index (χ1n) is 8.37. The molecule has 2 aromatic carbocycles. The molecule has 0 spiro atoms. The van der Waals surface area contributed by atoms with Crippen molar-refractivity contribution in [3.63, 3.8) is 0 Å². The fraction of sp³-hybridized carbons (Fsp3) is 0.333. The van der Waals surface area contributed by atoms with Gasteiger partial charge in [-0.05, 0) is 30.2 Å². The van der Waals surface area contributed by atoms with Gasteiger partial charge in [0.15, 0.2) is 9.84 Å². The van der Waals surface area contributed by atoms with E-state index in [0.717, 1.165) is 0 Å². The van der Waals surface area contributed by atoms with E-state index in [4.69, 9.17) is 11.6 Å². The van der Waals surface area contributed by atoms with Crippen molar-refractivity contribution in [1.82, 2.24) is 4.31 Å². The first-order chi connectivity index (χ1) is 12.7. The normalized spacial score (nSPS) is 20.9. The Morgan fingerprint density at radius 2 is 1.74 bits per heavy atom. The SMILES string of the molecule is O=S1(=O)CCN(S(=O)(=O)Cc2ccc(Cl)cc2)CCC1c1ccccc1F. The highest BCUT2D eigenvalue weighted by molar-refractivity contribution is 7.91. The molecule has 27 heavy (non-hydrogen) atoms. The third-order valence-corrected chi connectivity index (χ3v) is 8.82. The van der Waals surface area contributed by atoms with Crippen LogP contribution in [0.4, 0.5) is 4.39 Å². The van der Waals surface area contributed by atoms with Gasteiger partial charge in [0.1, 0.15) is 5.82 Å². The van der Waals surface area contributed by atoms with Crippen LogP contribution >= 0.6 is 11.6 Å². The van der Waals surface area contributed by atoms with Crippen molar-refractivity contribution in [3.8, 4) is 0 Å². The van der Waals surface area contributed by atoms with Crippen molar-refractivity contribution in [3.05, 3.63) is 70.5 Å². The molecular weight excluding hydrogens is 413 g/mol. The fourth-order valence-corrected chi connectivity index (χ4v) is 6.76. The van der Waals surface area contributed by atoms with E-state index in [1.54, 1.807) is 30.3 Å². The van der Waals surface area contributed by atoms with Gasteiger partial charge < -0.3 is 0 Å². The van der Waals surface area contributed by atoms with Crippen LogP contribution in [0.3, 0.4) is 0 Å². The Balaban J connectivity index is 1.82. The lowest BCUT2D eigenvalue weighted by molar-refractivity contribution is 0.426. The molecule has 1 unspecified atom stereocenters. The average Bonchev–Trinajstić information content (AvgIpc) is 2.76. The summed E-state index contributed by atoms with van der Waals surface area (Å²) in [6, 6.07) is 12.2. The van der Waals surface area contributed by atoms with Crippen molar-refractivity contribution in [2.45, 2.75) is 17.4 Å². The maximum absolute atomic E-state index is 14.1. The van der Waals surface area contributed by atoms with Crippen molar-refractivity contribution in [1.29, 1.82) is 0 Å². The van der Waals surface area contributed by atoms with Crippen LogP contribution in [0.5, 0.6) is 0 Å². The minimum Gasteiger partial charge on any atom is -0.228 e. The molecule has 1 atom stereocenters. The molecule has 5 nitrogen and oxygen atoms in total. The topological polar surface area (TPSA) is 71.5 Å². The van der Waals surface area contributed by atoms with Crippen molar-refractivity contribution < 1.29 is 21.2 Å². The molecule has 0 bridgehead atoms. The molecule has 3 rings (SSSR count). The van der Waals surface area contributed by atoms with Gasteiger partial charge in [-0.3, -0.25) is 0 Å². The summed E-state index contributed by atoms with van der Waals surface area (Å²) in [5.74, 6) is -1.18. The first kappa shape index (κ1) is 20.3. The van der Waals surface area contributed by atoms with Gasteiger partial charge in [0.05, 0.1) is 16.8 Å². The van der Waals surface area contributed by atoms with Crippen LogP contribution in [-0.4, -0.2) is 40.0 Å². The minimum atomic E-state index is -3.71. The second kappa shape index (κ2) is 7.87. The van der Waals surface area contributed by atoms with E-state index in [-0.39, 0.29) is 36.6 Å². The summed E-state index contributed by atoms with van der Waals surface area (Å²) >= 11 is 5.81. The number of benzene rings is 2. The Morgan fingerprint density at radius 3 is 2.41 bits per heavy atom. The van der Waals surface area contributed by atoms with E-state index in [9.17, 15) is 21.2 Å². The Labute approximate surface area is 163 Å². The summed E-state index contributed by atoms with van der Waals surface area (Å²) in [5.41, 5.74) is 0.659. The van der Waals surface area contributed by atoms with Gasteiger partial charge >= 0.3 is 0 Å². The molecule has 9 heteroatoms. The molecule has 2 aromatic rings. The zero-order valence-corrected chi connectivity index (χ0v) is 16.8. The number of rotatable bonds is 4. The summed E-state index contributed by atoms with van der Waals surface area (Å²) in [6.45, 7) is -0.114. The molecule has 1 heterocycles. The lowest BCUT2D eigenvalue weighted by atomic mass is 10.1. The lowest BCUT2D eigenvalue weighted by Crippen LogP contribution is -2.34. The third kappa shape index (κ3) is 4.68. The summed E-state index contributed by atoms with van der Waals surface area (Å²) < 4.78 is 66.0.